The van der Waals surface area contributed by atoms with Crippen LogP contribution in [0.15, 0.2) is 24.3 Å². The number of hydrogen-bond acceptors (Lipinski definition) is 3. The number of fused-ring (bicyclic) bond motifs is 1. The molecule has 1 saturated carbocycles. The summed E-state index contributed by atoms with van der Waals surface area (Å²) >= 11 is 0. The zero-order chi connectivity index (χ0) is 17.3. The van der Waals surface area contributed by atoms with E-state index in [4.69, 9.17) is 0 Å². The van der Waals surface area contributed by atoms with Gasteiger partial charge in [0.05, 0.1) is 6.10 Å². The predicted molar refractivity (Wildman–Crippen MR) is 91.0 cm³/mol. The minimum absolute atomic E-state index is 0.143. The van der Waals surface area contributed by atoms with Gasteiger partial charge in [0, 0.05) is 25.6 Å². The van der Waals surface area contributed by atoms with Crippen LogP contribution in [0.2, 0.25) is 0 Å². The summed E-state index contributed by atoms with van der Waals surface area (Å²) in [4.78, 5) is 16.5. The molecular formula is C19H27FN2O2. The van der Waals surface area contributed by atoms with Crippen LogP contribution in [0.4, 0.5) is 4.39 Å². The Morgan fingerprint density at radius 1 is 1.29 bits per heavy atom. The van der Waals surface area contributed by atoms with Gasteiger partial charge in [0.1, 0.15) is 5.82 Å². The number of carbonyl (C=O) groups excluding carboxylic acids is 1. The zero-order valence-corrected chi connectivity index (χ0v) is 14.5. The number of carbonyl (C=O) groups is 1. The largest absolute Gasteiger partial charge is 0.391 e. The third-order valence-corrected chi connectivity index (χ3v) is 5.64. The predicted octanol–water partition coefficient (Wildman–Crippen LogP) is 1.92. The maximum Gasteiger partial charge on any atom is 0.222 e. The summed E-state index contributed by atoms with van der Waals surface area (Å²) in [6.07, 6.45) is 2.42. The van der Waals surface area contributed by atoms with E-state index in [1.54, 1.807) is 6.07 Å². The first-order valence-electron chi connectivity index (χ1n) is 8.80. The van der Waals surface area contributed by atoms with Gasteiger partial charge in [0.2, 0.25) is 5.91 Å². The van der Waals surface area contributed by atoms with Crippen LogP contribution in [0.3, 0.4) is 0 Å². The van der Waals surface area contributed by atoms with Crippen molar-refractivity contribution in [2.75, 3.05) is 27.2 Å². The van der Waals surface area contributed by atoms with Gasteiger partial charge in [-0.2, -0.15) is 0 Å². The lowest BCUT2D eigenvalue weighted by atomic mass is 9.77. The number of rotatable bonds is 4. The Labute approximate surface area is 143 Å². The zero-order valence-electron chi connectivity index (χ0n) is 14.5. The molecule has 24 heavy (non-hydrogen) atoms. The topological polar surface area (TPSA) is 43.8 Å². The SMILES string of the molecule is CN(C)[C@@H]1C[C@@H]2CN(C(=O)CCc3cccc(F)c3)C[C@@H]2C[C@H]1O. The van der Waals surface area contributed by atoms with Gasteiger partial charge in [-0.15, -0.1) is 0 Å². The molecule has 0 radical (unpaired) electrons. The van der Waals surface area contributed by atoms with Crippen molar-refractivity contribution in [1.29, 1.82) is 0 Å². The highest BCUT2D eigenvalue weighted by Crippen LogP contribution is 2.38. The number of aliphatic hydroxyl groups is 1. The van der Waals surface area contributed by atoms with Gasteiger partial charge in [-0.05, 0) is 62.9 Å². The van der Waals surface area contributed by atoms with Crippen LogP contribution >= 0.6 is 0 Å². The smallest absolute Gasteiger partial charge is 0.222 e. The average Bonchev–Trinajstić information content (AvgIpc) is 2.94. The number of nitrogens with zero attached hydrogens (tertiary/aromatic N) is 2. The molecule has 0 bridgehead atoms. The summed E-state index contributed by atoms with van der Waals surface area (Å²) in [7, 11) is 4.01. The summed E-state index contributed by atoms with van der Waals surface area (Å²) in [5.74, 6) is 0.786. The van der Waals surface area contributed by atoms with Crippen molar-refractivity contribution in [3.8, 4) is 0 Å². The molecule has 5 heteroatoms. The number of aryl methyl sites for hydroxylation is 1. The second-order valence-electron chi connectivity index (χ2n) is 7.52. The summed E-state index contributed by atoms with van der Waals surface area (Å²) in [6, 6.07) is 6.65. The first-order valence-corrected chi connectivity index (χ1v) is 8.80. The molecule has 1 N–H and O–H groups in total. The van der Waals surface area contributed by atoms with E-state index in [0.29, 0.717) is 24.7 Å². The molecule has 1 saturated heterocycles. The summed E-state index contributed by atoms with van der Waals surface area (Å²) in [5, 5.41) is 10.3. The molecule has 1 aromatic carbocycles. The molecule has 0 aromatic heterocycles. The van der Waals surface area contributed by atoms with Gasteiger partial charge >= 0.3 is 0 Å². The van der Waals surface area contributed by atoms with Crippen molar-refractivity contribution in [2.24, 2.45) is 11.8 Å². The Bertz CT molecular complexity index is 592. The molecule has 1 aliphatic heterocycles. The van der Waals surface area contributed by atoms with Crippen molar-refractivity contribution >= 4 is 5.91 Å². The van der Waals surface area contributed by atoms with Crippen molar-refractivity contribution in [3.63, 3.8) is 0 Å². The second kappa shape index (κ2) is 7.19. The minimum Gasteiger partial charge on any atom is -0.391 e. The number of likely N-dealkylation sites (tertiary alicyclic amines) is 1. The molecule has 2 fully saturated rings. The van der Waals surface area contributed by atoms with Crippen LogP contribution in [0.25, 0.3) is 0 Å². The molecule has 1 aliphatic carbocycles. The molecule has 0 spiro atoms. The van der Waals surface area contributed by atoms with Crippen molar-refractivity contribution < 1.29 is 14.3 Å². The lowest BCUT2D eigenvalue weighted by Crippen LogP contribution is -2.46. The third-order valence-electron chi connectivity index (χ3n) is 5.64. The van der Waals surface area contributed by atoms with Crippen LogP contribution in [0.1, 0.15) is 24.8 Å². The Kier molecular flexibility index (Phi) is 5.21. The lowest BCUT2D eigenvalue weighted by Gasteiger charge is -2.38. The summed E-state index contributed by atoms with van der Waals surface area (Å²) in [6.45, 7) is 1.55. The van der Waals surface area contributed by atoms with E-state index in [0.717, 1.165) is 31.5 Å². The highest BCUT2D eigenvalue weighted by Gasteiger charge is 2.43. The monoisotopic (exact) mass is 334 g/mol. The fraction of sp³-hybridized carbons (Fsp3) is 0.632. The van der Waals surface area contributed by atoms with E-state index in [9.17, 15) is 14.3 Å². The lowest BCUT2D eigenvalue weighted by molar-refractivity contribution is -0.130. The molecule has 1 heterocycles. The van der Waals surface area contributed by atoms with Gasteiger partial charge in [-0.1, -0.05) is 12.1 Å². The van der Waals surface area contributed by atoms with Crippen molar-refractivity contribution in [1.82, 2.24) is 9.80 Å². The first-order chi connectivity index (χ1) is 11.4. The second-order valence-corrected chi connectivity index (χ2v) is 7.52. The average molecular weight is 334 g/mol. The number of aliphatic hydroxyl groups excluding tert-OH is 1. The number of halogens is 1. The van der Waals surface area contributed by atoms with Crippen molar-refractivity contribution in [2.45, 2.75) is 37.8 Å². The highest BCUT2D eigenvalue weighted by atomic mass is 19.1. The molecule has 2 aliphatic rings. The molecule has 132 valence electrons. The maximum atomic E-state index is 13.2. The van der Waals surface area contributed by atoms with Gasteiger partial charge in [-0.3, -0.25) is 4.79 Å². The van der Waals surface area contributed by atoms with Crippen LogP contribution < -0.4 is 0 Å². The van der Waals surface area contributed by atoms with Crippen LogP contribution in [-0.2, 0) is 11.2 Å². The molecule has 4 nitrogen and oxygen atoms in total. The molecule has 1 aromatic rings. The molecule has 3 rings (SSSR count). The Morgan fingerprint density at radius 2 is 2.00 bits per heavy atom. The molecule has 1 amide bonds. The third kappa shape index (κ3) is 3.78. The van der Waals surface area contributed by atoms with Crippen LogP contribution in [0.5, 0.6) is 0 Å². The Hall–Kier alpha value is -1.46. The van der Waals surface area contributed by atoms with E-state index in [2.05, 4.69) is 4.90 Å². The van der Waals surface area contributed by atoms with Crippen LogP contribution in [-0.4, -0.2) is 60.1 Å². The number of likely N-dealkylation sites (N-methyl/N-ethyl adjacent to an activating group) is 1. The number of amides is 1. The van der Waals surface area contributed by atoms with Gasteiger partial charge < -0.3 is 14.9 Å². The van der Waals surface area contributed by atoms with E-state index in [1.165, 1.54) is 12.1 Å². The van der Waals surface area contributed by atoms with Crippen LogP contribution in [0, 0.1) is 17.7 Å². The van der Waals surface area contributed by atoms with E-state index < -0.39 is 0 Å². The Morgan fingerprint density at radius 3 is 2.67 bits per heavy atom. The standard InChI is InChI=1S/C19H27FN2O2/c1-21(2)17-9-14-11-22(12-15(14)10-18(17)23)19(24)7-6-13-4-3-5-16(20)8-13/h3-5,8,14-15,17-18,23H,6-7,9-12H2,1-2H3/t14-,15+,17-,18-/m1/s1. The van der Waals surface area contributed by atoms with Gasteiger partial charge in [-0.25, -0.2) is 4.39 Å². The molecular weight excluding hydrogens is 307 g/mol. The summed E-state index contributed by atoms with van der Waals surface area (Å²) in [5.41, 5.74) is 0.864. The fourth-order valence-electron chi connectivity index (χ4n) is 4.27. The highest BCUT2D eigenvalue weighted by molar-refractivity contribution is 5.76. The molecule has 4 atom stereocenters. The molecule has 0 unspecified atom stereocenters. The van der Waals surface area contributed by atoms with Crippen molar-refractivity contribution in [3.05, 3.63) is 35.6 Å². The Balaban J connectivity index is 1.54. The number of benzene rings is 1. The normalized spacial score (nSPS) is 29.8. The van der Waals surface area contributed by atoms with Gasteiger partial charge in [0.25, 0.3) is 0 Å². The van der Waals surface area contributed by atoms with E-state index in [1.807, 2.05) is 25.1 Å². The fourth-order valence-corrected chi connectivity index (χ4v) is 4.27. The maximum absolute atomic E-state index is 13.2. The van der Waals surface area contributed by atoms with E-state index in [-0.39, 0.29) is 23.9 Å². The van der Waals surface area contributed by atoms with Gasteiger partial charge in [0.15, 0.2) is 0 Å². The quantitative estimate of drug-likeness (QED) is 0.915. The van der Waals surface area contributed by atoms with E-state index >= 15 is 0 Å². The number of hydrogen-bond donors (Lipinski definition) is 1. The first kappa shape index (κ1) is 17.4. The summed E-state index contributed by atoms with van der Waals surface area (Å²) < 4.78 is 13.2. The minimum atomic E-state index is -0.302.